The van der Waals surface area contributed by atoms with Crippen LogP contribution < -0.4 is 15.6 Å². The number of piperidine rings is 1. The lowest BCUT2D eigenvalue weighted by Crippen LogP contribution is -2.71. The van der Waals surface area contributed by atoms with E-state index in [4.69, 9.17) is 22.2 Å². The number of nitrogens with one attached hydrogen (secondary N) is 1. The maximum Gasteiger partial charge on any atom is 0.352 e. The highest BCUT2D eigenvalue weighted by atomic mass is 35.5. The number of fused-ring (bicyclic) bond motifs is 2. The smallest absolute Gasteiger partial charge is 0.352 e. The van der Waals surface area contributed by atoms with Crippen molar-refractivity contribution in [1.82, 2.24) is 29.4 Å². The van der Waals surface area contributed by atoms with Gasteiger partial charge >= 0.3 is 11.6 Å². The number of hydrazone groups is 1. The fraction of sp³-hybridized carbons (Fsp3) is 0.367. The molecule has 7 heterocycles. The van der Waals surface area contributed by atoms with E-state index in [1.807, 2.05) is 40.1 Å². The first kappa shape index (κ1) is 33.1. The Morgan fingerprint density at radius 1 is 1.29 bits per heavy atom. The van der Waals surface area contributed by atoms with E-state index in [9.17, 15) is 19.5 Å². The minimum absolute atomic E-state index is 0.0269. The van der Waals surface area contributed by atoms with Crippen LogP contribution in [0.3, 0.4) is 0 Å². The van der Waals surface area contributed by atoms with Gasteiger partial charge in [-0.1, -0.05) is 28.1 Å². The molecule has 0 saturated carbocycles. The molecule has 3 aliphatic heterocycles. The molecule has 7 rings (SSSR count). The number of amides is 2. The van der Waals surface area contributed by atoms with Crippen molar-refractivity contribution in [2.45, 2.75) is 43.8 Å². The Hall–Kier alpha value is -4.39. The number of oxime groups is 1. The highest BCUT2D eigenvalue weighted by Crippen LogP contribution is 2.41. The molecule has 15 nitrogen and oxygen atoms in total. The molecule has 0 unspecified atom stereocenters. The van der Waals surface area contributed by atoms with E-state index in [-0.39, 0.29) is 33.1 Å². The molecule has 0 bridgehead atoms. The number of carboxylic acid groups (broad SMARTS) is 1. The van der Waals surface area contributed by atoms with Crippen molar-refractivity contribution < 1.29 is 28.9 Å². The summed E-state index contributed by atoms with van der Waals surface area (Å²) < 4.78 is 6.14. The zero-order valence-electron chi connectivity index (χ0n) is 26.2. The monoisotopic (exact) mass is 743 g/mol. The quantitative estimate of drug-likeness (QED) is 0.0902. The SMILES string of the molecule is CO/N=C(\C(=O)N[C@@H]1C(=O)N2C(C(=O)O)=C(Cn3ccc4n3cc[n+]4Cc3cc(C=NN4CCCCC4)cs3)CS[C@H]12)c1nc(N)sc1Cl. The molecule has 49 heavy (non-hydrogen) atoms. The first-order valence-corrected chi connectivity index (χ1v) is 18.5. The van der Waals surface area contributed by atoms with Crippen LogP contribution in [-0.2, 0) is 32.3 Å². The number of anilines is 1. The summed E-state index contributed by atoms with van der Waals surface area (Å²) in [4.78, 5) is 50.3. The number of thiophene rings is 1. The number of imidazole rings is 1. The molecule has 3 aliphatic rings. The molecule has 256 valence electrons. The Labute approximate surface area is 297 Å². The summed E-state index contributed by atoms with van der Waals surface area (Å²) in [6.07, 6.45) is 11.4. The van der Waals surface area contributed by atoms with E-state index < -0.39 is 29.2 Å². The second-order valence-electron chi connectivity index (χ2n) is 11.6. The van der Waals surface area contributed by atoms with Gasteiger partial charge in [0.15, 0.2) is 17.0 Å². The van der Waals surface area contributed by atoms with Gasteiger partial charge in [-0.3, -0.25) is 19.5 Å². The summed E-state index contributed by atoms with van der Waals surface area (Å²) in [6, 6.07) is 3.15. The van der Waals surface area contributed by atoms with Gasteiger partial charge in [-0.15, -0.1) is 27.6 Å². The van der Waals surface area contributed by atoms with Crippen LogP contribution in [0.4, 0.5) is 5.13 Å². The fourth-order valence-corrected chi connectivity index (χ4v) is 9.22. The Balaban J connectivity index is 1.04. The molecule has 0 aliphatic carbocycles. The number of carbonyl (C=O) groups is 3. The third kappa shape index (κ3) is 6.52. The number of β-lactam (4-membered cyclic amide) rings is 1. The Bertz CT molecular complexity index is 2020. The van der Waals surface area contributed by atoms with E-state index >= 15 is 0 Å². The van der Waals surface area contributed by atoms with Crippen molar-refractivity contribution >= 4 is 86.5 Å². The maximum atomic E-state index is 13.3. The van der Waals surface area contributed by atoms with Crippen LogP contribution in [0.2, 0.25) is 4.34 Å². The largest absolute Gasteiger partial charge is 0.477 e. The number of carbonyl (C=O) groups excluding carboxylic acids is 2. The number of aliphatic carboxylic acids is 1. The number of aromatic nitrogens is 4. The van der Waals surface area contributed by atoms with Gasteiger partial charge < -0.3 is 21.0 Å². The summed E-state index contributed by atoms with van der Waals surface area (Å²) in [5.74, 6) is -2.17. The van der Waals surface area contributed by atoms with Crippen molar-refractivity contribution in [3.8, 4) is 0 Å². The van der Waals surface area contributed by atoms with E-state index in [0.717, 1.165) is 35.6 Å². The second kappa shape index (κ2) is 13.9. The van der Waals surface area contributed by atoms with E-state index in [0.29, 0.717) is 17.9 Å². The Morgan fingerprint density at radius 2 is 2.10 bits per heavy atom. The van der Waals surface area contributed by atoms with Crippen LogP contribution >= 0.6 is 46.0 Å². The van der Waals surface area contributed by atoms with Crippen LogP contribution in [0, 0.1) is 0 Å². The molecule has 2 fully saturated rings. The standard InChI is InChI=1S/C30H31ClN10O5S3/c1-46-36-22(21-25(31)49-30(32)35-21)26(42)34-23-27(43)41-24(29(44)45)18(16-48-28(23)41)13-39-8-5-20-37(9-10-40(20)39)14-19-11-17(15-47-19)12-33-38-6-3-2-4-7-38/h5,8-12,15,23,28H,2-4,6-7,13-14,16H2,1H3,(H3-,32,34,35,42,44,45)/p+1/b33-12?,36-22-/t23-,28-/m1/s1. The molecule has 4 aromatic heterocycles. The lowest BCUT2D eigenvalue weighted by atomic mass is 10.0. The molecule has 4 aromatic rings. The Kier molecular flexibility index (Phi) is 9.36. The number of nitrogens with zero attached hydrogens (tertiary/aromatic N) is 8. The molecular weight excluding hydrogens is 712 g/mol. The van der Waals surface area contributed by atoms with Crippen LogP contribution in [0.1, 0.15) is 35.4 Å². The minimum atomic E-state index is -1.21. The van der Waals surface area contributed by atoms with Gasteiger partial charge in [0, 0.05) is 29.3 Å². The Morgan fingerprint density at radius 3 is 2.84 bits per heavy atom. The van der Waals surface area contributed by atoms with Crippen LogP contribution in [0.15, 0.2) is 57.6 Å². The number of hydrogen-bond acceptors (Lipinski definition) is 12. The lowest BCUT2D eigenvalue weighted by Gasteiger charge is -2.49. The number of carboxylic acids is 1. The van der Waals surface area contributed by atoms with Gasteiger partial charge in [-0.05, 0) is 36.3 Å². The summed E-state index contributed by atoms with van der Waals surface area (Å²) in [5, 5.41) is 25.0. The van der Waals surface area contributed by atoms with Crippen LogP contribution in [0.25, 0.3) is 5.65 Å². The lowest BCUT2D eigenvalue weighted by molar-refractivity contribution is -0.661. The molecule has 0 aromatic carbocycles. The third-order valence-corrected chi connectivity index (χ3v) is 11.8. The predicted molar refractivity (Wildman–Crippen MR) is 187 cm³/mol. The number of thioether (sulfide) groups is 1. The zero-order valence-corrected chi connectivity index (χ0v) is 29.4. The summed E-state index contributed by atoms with van der Waals surface area (Å²) in [7, 11) is 1.26. The molecular formula is C30H32ClN10O5S3+. The van der Waals surface area contributed by atoms with Gasteiger partial charge in [0.2, 0.25) is 0 Å². The average Bonchev–Trinajstić information content (AvgIpc) is 3.88. The molecule has 2 saturated heterocycles. The van der Waals surface area contributed by atoms with Crippen molar-refractivity contribution in [3.05, 3.63) is 67.8 Å². The van der Waals surface area contributed by atoms with Crippen molar-refractivity contribution in [2.24, 2.45) is 10.3 Å². The van der Waals surface area contributed by atoms with Crippen molar-refractivity contribution in [2.75, 3.05) is 31.7 Å². The van der Waals surface area contributed by atoms with Crippen molar-refractivity contribution in [3.63, 3.8) is 0 Å². The molecule has 0 spiro atoms. The summed E-state index contributed by atoms with van der Waals surface area (Å²) in [6.45, 7) is 2.95. The van der Waals surface area contributed by atoms with E-state index in [2.05, 4.69) is 41.6 Å². The van der Waals surface area contributed by atoms with Crippen molar-refractivity contribution in [1.29, 1.82) is 0 Å². The topological polar surface area (TPSA) is 176 Å². The highest BCUT2D eigenvalue weighted by molar-refractivity contribution is 8.00. The highest BCUT2D eigenvalue weighted by Gasteiger charge is 2.54. The maximum absolute atomic E-state index is 13.3. The van der Waals surface area contributed by atoms with Crippen LogP contribution in [-0.4, -0.2) is 96.3 Å². The number of rotatable bonds is 11. The third-order valence-electron chi connectivity index (χ3n) is 8.41. The molecule has 2 amide bonds. The van der Waals surface area contributed by atoms with Gasteiger partial charge in [0.25, 0.3) is 11.8 Å². The van der Waals surface area contributed by atoms with E-state index in [1.165, 1.54) is 47.9 Å². The first-order valence-electron chi connectivity index (χ1n) is 15.4. The number of nitrogens with two attached hydrogens (primary N) is 1. The van der Waals surface area contributed by atoms with Gasteiger partial charge in [0.1, 0.15) is 47.0 Å². The fourth-order valence-electron chi connectivity index (χ4n) is 6.12. The first-order chi connectivity index (χ1) is 23.7. The predicted octanol–water partition coefficient (Wildman–Crippen LogP) is 2.44. The van der Waals surface area contributed by atoms with Gasteiger partial charge in [-0.25, -0.2) is 19.0 Å². The number of thiazole rings is 1. The van der Waals surface area contributed by atoms with Crippen LogP contribution in [0.5, 0.6) is 0 Å². The molecule has 2 atom stereocenters. The molecule has 4 N–H and O–H groups in total. The number of hydrogen-bond donors (Lipinski definition) is 3. The molecule has 19 heteroatoms. The molecule has 0 radical (unpaired) electrons. The zero-order chi connectivity index (χ0) is 34.2. The number of nitrogen functional groups attached to an aromatic ring is 1. The summed E-state index contributed by atoms with van der Waals surface area (Å²) >= 11 is 10.2. The average molecular weight is 744 g/mol. The van der Waals surface area contributed by atoms with Gasteiger partial charge in [0.05, 0.1) is 25.0 Å². The minimum Gasteiger partial charge on any atom is -0.477 e. The second-order valence-corrected chi connectivity index (χ2v) is 15.3. The number of halogens is 1. The van der Waals surface area contributed by atoms with Gasteiger partial charge in [-0.2, -0.15) is 5.10 Å². The normalized spacial score (nSPS) is 19.9. The van der Waals surface area contributed by atoms with E-state index in [1.54, 1.807) is 11.3 Å². The summed E-state index contributed by atoms with van der Waals surface area (Å²) in [5.41, 5.74) is 8.02.